The van der Waals surface area contributed by atoms with Crippen LogP contribution in [0.4, 0.5) is 14.7 Å². The number of nitrogens with one attached hydrogen (secondary N) is 1. The maximum atomic E-state index is 15.2. The lowest BCUT2D eigenvalue weighted by atomic mass is 10.0. The summed E-state index contributed by atoms with van der Waals surface area (Å²) in [6.07, 6.45) is 2.87. The standard InChI is InChI=1S/C22H18ClF2N5O/c23-17-8-7-16(14-9-11-30-18(12-14)28-22(26)29-30)20(25)19(17)21(31)27-10-1-2-13-3-5-15(24)6-4-13/h3-9,11-12H,1-2,10H2,(H2,26,29)(H,27,31). The number of hydrogen-bond donors (Lipinski definition) is 2. The second kappa shape index (κ2) is 8.69. The molecule has 0 aliphatic rings. The second-order valence-corrected chi connectivity index (χ2v) is 7.37. The number of nitrogen functional groups attached to an aromatic ring is 1. The molecule has 2 heterocycles. The molecular formula is C22H18ClF2N5O. The van der Waals surface area contributed by atoms with Gasteiger partial charge in [-0.3, -0.25) is 4.79 Å². The summed E-state index contributed by atoms with van der Waals surface area (Å²) in [7, 11) is 0. The van der Waals surface area contributed by atoms with Gasteiger partial charge in [0, 0.05) is 18.3 Å². The topological polar surface area (TPSA) is 85.3 Å². The van der Waals surface area contributed by atoms with Crippen LogP contribution in [0.25, 0.3) is 16.8 Å². The first-order valence-corrected chi connectivity index (χ1v) is 9.93. The van der Waals surface area contributed by atoms with E-state index in [0.717, 1.165) is 5.56 Å². The highest BCUT2D eigenvalue weighted by Crippen LogP contribution is 2.30. The Morgan fingerprint density at radius 3 is 2.68 bits per heavy atom. The van der Waals surface area contributed by atoms with Gasteiger partial charge in [0.2, 0.25) is 5.95 Å². The molecule has 0 aliphatic carbocycles. The van der Waals surface area contributed by atoms with Gasteiger partial charge in [0.1, 0.15) is 11.6 Å². The third-order valence-electron chi connectivity index (χ3n) is 4.82. The van der Waals surface area contributed by atoms with Gasteiger partial charge in [-0.2, -0.15) is 4.98 Å². The average Bonchev–Trinajstić information content (AvgIpc) is 3.12. The Labute approximate surface area is 181 Å². The summed E-state index contributed by atoms with van der Waals surface area (Å²) in [6, 6.07) is 12.4. The van der Waals surface area contributed by atoms with Gasteiger partial charge < -0.3 is 11.1 Å². The van der Waals surface area contributed by atoms with Crippen molar-refractivity contribution in [3.05, 3.63) is 82.5 Å². The summed E-state index contributed by atoms with van der Waals surface area (Å²) >= 11 is 6.13. The number of fused-ring (bicyclic) bond motifs is 1. The molecule has 0 radical (unpaired) electrons. The number of rotatable bonds is 6. The molecule has 2 aromatic carbocycles. The van der Waals surface area contributed by atoms with Gasteiger partial charge in [-0.15, -0.1) is 5.10 Å². The van der Waals surface area contributed by atoms with Crippen molar-refractivity contribution in [2.75, 3.05) is 12.3 Å². The molecule has 0 bridgehead atoms. The molecule has 31 heavy (non-hydrogen) atoms. The zero-order chi connectivity index (χ0) is 22.0. The lowest BCUT2D eigenvalue weighted by Gasteiger charge is -2.11. The summed E-state index contributed by atoms with van der Waals surface area (Å²) in [5, 5.41) is 6.70. The highest BCUT2D eigenvalue weighted by atomic mass is 35.5. The van der Waals surface area contributed by atoms with Crippen LogP contribution >= 0.6 is 11.6 Å². The number of nitrogens with zero attached hydrogens (tertiary/aromatic N) is 3. The molecule has 1 amide bonds. The molecule has 0 aliphatic heterocycles. The molecule has 0 saturated heterocycles. The summed E-state index contributed by atoms with van der Waals surface area (Å²) in [6.45, 7) is 0.321. The first-order chi connectivity index (χ1) is 14.9. The number of pyridine rings is 1. The number of nitrogens with two attached hydrogens (primary N) is 1. The van der Waals surface area contributed by atoms with Crippen molar-refractivity contribution in [1.82, 2.24) is 19.9 Å². The van der Waals surface area contributed by atoms with E-state index >= 15 is 4.39 Å². The van der Waals surface area contributed by atoms with E-state index in [1.54, 1.807) is 30.5 Å². The minimum absolute atomic E-state index is 0.0186. The Morgan fingerprint density at radius 2 is 1.90 bits per heavy atom. The molecular weight excluding hydrogens is 424 g/mol. The Bertz CT molecular complexity index is 1260. The van der Waals surface area contributed by atoms with E-state index < -0.39 is 11.7 Å². The fraction of sp³-hybridized carbons (Fsp3) is 0.136. The molecule has 0 atom stereocenters. The van der Waals surface area contributed by atoms with Gasteiger partial charge in [-0.1, -0.05) is 23.7 Å². The third kappa shape index (κ3) is 4.49. The summed E-state index contributed by atoms with van der Waals surface area (Å²) < 4.78 is 29.7. The van der Waals surface area contributed by atoms with Gasteiger partial charge in [0.25, 0.3) is 5.91 Å². The number of aromatic nitrogens is 3. The highest BCUT2D eigenvalue weighted by Gasteiger charge is 2.20. The van der Waals surface area contributed by atoms with E-state index in [-0.39, 0.29) is 27.9 Å². The lowest BCUT2D eigenvalue weighted by Crippen LogP contribution is -2.26. The van der Waals surface area contributed by atoms with Crippen LogP contribution in [0.5, 0.6) is 0 Å². The average molecular weight is 442 g/mol. The van der Waals surface area contributed by atoms with E-state index in [9.17, 15) is 9.18 Å². The monoisotopic (exact) mass is 441 g/mol. The minimum atomic E-state index is -0.722. The molecule has 2 aromatic heterocycles. The van der Waals surface area contributed by atoms with Crippen LogP contribution in [0.2, 0.25) is 5.02 Å². The fourth-order valence-electron chi connectivity index (χ4n) is 3.28. The number of amides is 1. The summed E-state index contributed by atoms with van der Waals surface area (Å²) in [5.41, 5.74) is 7.50. The van der Waals surface area contributed by atoms with Gasteiger partial charge in [-0.25, -0.2) is 13.3 Å². The first-order valence-electron chi connectivity index (χ1n) is 9.55. The molecule has 0 fully saturated rings. The highest BCUT2D eigenvalue weighted by molar-refractivity contribution is 6.34. The first kappa shape index (κ1) is 20.7. The minimum Gasteiger partial charge on any atom is -0.366 e. The van der Waals surface area contributed by atoms with Crippen molar-refractivity contribution in [3.63, 3.8) is 0 Å². The molecule has 0 spiro atoms. The maximum absolute atomic E-state index is 15.2. The predicted octanol–water partition coefficient (Wildman–Crippen LogP) is 4.27. The Hall–Kier alpha value is -3.52. The van der Waals surface area contributed by atoms with Crippen LogP contribution in [0.15, 0.2) is 54.7 Å². The van der Waals surface area contributed by atoms with Crippen molar-refractivity contribution < 1.29 is 13.6 Å². The van der Waals surface area contributed by atoms with Crippen molar-refractivity contribution in [2.45, 2.75) is 12.8 Å². The van der Waals surface area contributed by atoms with Crippen molar-refractivity contribution in [1.29, 1.82) is 0 Å². The number of halogens is 3. The van der Waals surface area contributed by atoms with Crippen molar-refractivity contribution in [3.8, 4) is 11.1 Å². The van der Waals surface area contributed by atoms with Crippen molar-refractivity contribution >= 4 is 29.1 Å². The van der Waals surface area contributed by atoms with Gasteiger partial charge in [0.15, 0.2) is 5.65 Å². The number of carbonyl (C=O) groups is 1. The SMILES string of the molecule is Nc1nc2cc(-c3ccc(Cl)c(C(=O)NCCCc4ccc(F)cc4)c3F)ccn2n1. The normalized spacial score (nSPS) is 11.1. The van der Waals surface area contributed by atoms with Gasteiger partial charge in [-0.05, 0) is 60.4 Å². The Balaban J connectivity index is 1.49. The van der Waals surface area contributed by atoms with Crippen LogP contribution in [0, 0.1) is 11.6 Å². The number of anilines is 1. The van der Waals surface area contributed by atoms with Gasteiger partial charge >= 0.3 is 0 Å². The summed E-state index contributed by atoms with van der Waals surface area (Å²) in [5.74, 6) is -1.51. The molecule has 158 valence electrons. The zero-order valence-electron chi connectivity index (χ0n) is 16.3. The smallest absolute Gasteiger partial charge is 0.255 e. The number of hydrogen-bond acceptors (Lipinski definition) is 4. The van der Waals surface area contributed by atoms with Crippen LogP contribution in [0.1, 0.15) is 22.3 Å². The maximum Gasteiger partial charge on any atom is 0.255 e. The quantitative estimate of drug-likeness (QED) is 0.437. The van der Waals surface area contributed by atoms with Crippen LogP contribution in [0.3, 0.4) is 0 Å². The predicted molar refractivity (Wildman–Crippen MR) is 115 cm³/mol. The molecule has 4 rings (SSSR count). The molecule has 4 aromatic rings. The Kier molecular flexibility index (Phi) is 5.81. The zero-order valence-corrected chi connectivity index (χ0v) is 17.0. The van der Waals surface area contributed by atoms with E-state index in [2.05, 4.69) is 15.4 Å². The lowest BCUT2D eigenvalue weighted by molar-refractivity contribution is 0.0949. The molecule has 9 heteroatoms. The Morgan fingerprint density at radius 1 is 1.13 bits per heavy atom. The second-order valence-electron chi connectivity index (χ2n) is 6.96. The molecule has 6 nitrogen and oxygen atoms in total. The fourth-order valence-corrected chi connectivity index (χ4v) is 3.52. The van der Waals surface area contributed by atoms with Crippen molar-refractivity contribution in [2.24, 2.45) is 0 Å². The number of aryl methyl sites for hydroxylation is 1. The van der Waals surface area contributed by atoms with Crippen LogP contribution in [-0.4, -0.2) is 27.0 Å². The van der Waals surface area contributed by atoms with E-state index in [0.29, 0.717) is 30.6 Å². The molecule has 3 N–H and O–H groups in total. The van der Waals surface area contributed by atoms with E-state index in [1.807, 2.05) is 0 Å². The van der Waals surface area contributed by atoms with Gasteiger partial charge in [0.05, 0.1) is 10.6 Å². The number of benzene rings is 2. The largest absolute Gasteiger partial charge is 0.366 e. The van der Waals surface area contributed by atoms with E-state index in [4.69, 9.17) is 17.3 Å². The molecule has 0 unspecified atom stereocenters. The molecule has 0 saturated carbocycles. The number of carbonyl (C=O) groups excluding carboxylic acids is 1. The summed E-state index contributed by atoms with van der Waals surface area (Å²) in [4.78, 5) is 16.7. The van der Waals surface area contributed by atoms with Crippen LogP contribution in [-0.2, 0) is 6.42 Å². The van der Waals surface area contributed by atoms with Crippen LogP contribution < -0.4 is 11.1 Å². The van der Waals surface area contributed by atoms with E-state index in [1.165, 1.54) is 28.8 Å². The third-order valence-corrected chi connectivity index (χ3v) is 5.14.